The van der Waals surface area contributed by atoms with Crippen molar-refractivity contribution >= 4 is 23.3 Å². The van der Waals surface area contributed by atoms with Crippen molar-refractivity contribution in [3.8, 4) is 11.5 Å². The summed E-state index contributed by atoms with van der Waals surface area (Å²) in [5.74, 6) is 0.354. The van der Waals surface area contributed by atoms with Gasteiger partial charge in [-0.2, -0.15) is 0 Å². The van der Waals surface area contributed by atoms with Crippen LogP contribution in [0.25, 0.3) is 22.5 Å². The third kappa shape index (κ3) is 2.89. The fourth-order valence-electron chi connectivity index (χ4n) is 2.55. The number of rotatable bonds is 5. The molecule has 3 aromatic heterocycles. The number of aryl methyl sites for hydroxylation is 1. The van der Waals surface area contributed by atoms with E-state index in [2.05, 4.69) is 9.97 Å². The lowest BCUT2D eigenvalue weighted by Gasteiger charge is -2.13. The van der Waals surface area contributed by atoms with Gasteiger partial charge < -0.3 is 8.98 Å². The molecule has 0 aliphatic rings. The topological polar surface area (TPSA) is 63.8 Å². The van der Waals surface area contributed by atoms with Crippen molar-refractivity contribution in [1.82, 2.24) is 14.5 Å². The molecule has 3 rings (SSSR count). The van der Waals surface area contributed by atoms with Crippen molar-refractivity contribution in [2.24, 2.45) is 0 Å². The van der Waals surface area contributed by atoms with E-state index in [1.165, 1.54) is 12.3 Å². The highest BCUT2D eigenvalue weighted by Crippen LogP contribution is 2.29. The van der Waals surface area contributed by atoms with E-state index in [9.17, 15) is 13.6 Å². The van der Waals surface area contributed by atoms with E-state index in [0.29, 0.717) is 12.3 Å². The third-order valence-electron chi connectivity index (χ3n) is 3.72. The summed E-state index contributed by atoms with van der Waals surface area (Å²) in [4.78, 5) is 19.1. The van der Waals surface area contributed by atoms with Crippen LogP contribution in [0.3, 0.4) is 0 Å². The molecular weight excluding hydrogens is 336 g/mol. The van der Waals surface area contributed by atoms with E-state index >= 15 is 0 Å². The van der Waals surface area contributed by atoms with Crippen LogP contribution in [0.2, 0.25) is 0 Å². The average Bonchev–Trinajstić information content (AvgIpc) is 3.08. The van der Waals surface area contributed by atoms with Crippen molar-refractivity contribution < 1.29 is 13.2 Å². The van der Waals surface area contributed by atoms with Gasteiger partial charge in [-0.3, -0.25) is 9.78 Å². The highest BCUT2D eigenvalue weighted by molar-refractivity contribution is 7.71. The minimum atomic E-state index is -2.82. The molecule has 0 spiro atoms. The molecule has 3 aromatic rings. The molecule has 1 N–H and O–H groups in total. The second-order valence-electron chi connectivity index (χ2n) is 5.34. The predicted octanol–water partition coefficient (Wildman–Crippen LogP) is 4.45. The number of alkyl halides is 2. The molecule has 0 saturated heterocycles. The molecular formula is C16H15F2N3O2S. The van der Waals surface area contributed by atoms with Crippen LogP contribution in [0.5, 0.6) is 0 Å². The molecule has 0 aliphatic carbocycles. The first-order valence-corrected chi connectivity index (χ1v) is 7.93. The number of unbranched alkanes of at least 4 members (excludes halogenated alkanes) is 1. The zero-order chi connectivity index (χ0) is 17.3. The second kappa shape index (κ2) is 6.64. The summed E-state index contributed by atoms with van der Waals surface area (Å²) >= 11 is 5.19. The van der Waals surface area contributed by atoms with E-state index < -0.39 is 12.0 Å². The van der Waals surface area contributed by atoms with Gasteiger partial charge in [0.2, 0.25) is 0 Å². The van der Waals surface area contributed by atoms with Crippen LogP contribution < -0.4 is 5.56 Å². The smallest absolute Gasteiger partial charge is 0.264 e. The first-order valence-electron chi connectivity index (χ1n) is 7.52. The summed E-state index contributed by atoms with van der Waals surface area (Å²) in [6.45, 7) is 2.49. The Kier molecular flexibility index (Phi) is 4.57. The number of hydrogen-bond acceptors (Lipinski definition) is 4. The number of aromatic amines is 1. The van der Waals surface area contributed by atoms with Crippen LogP contribution in [0.1, 0.15) is 31.8 Å². The number of aromatic nitrogens is 3. The molecule has 24 heavy (non-hydrogen) atoms. The second-order valence-corrected chi connectivity index (χ2v) is 5.72. The molecule has 0 aromatic carbocycles. The van der Waals surface area contributed by atoms with Crippen LogP contribution in [-0.2, 0) is 6.54 Å². The molecule has 0 aliphatic heterocycles. The Morgan fingerprint density at radius 3 is 2.88 bits per heavy atom. The fraction of sp³-hybridized carbons (Fsp3) is 0.312. The monoisotopic (exact) mass is 351 g/mol. The van der Waals surface area contributed by atoms with E-state index in [4.69, 9.17) is 16.6 Å². The van der Waals surface area contributed by atoms with Gasteiger partial charge in [0.05, 0.1) is 11.6 Å². The Balaban J connectivity index is 2.40. The zero-order valence-electron chi connectivity index (χ0n) is 12.9. The number of furan rings is 1. The van der Waals surface area contributed by atoms with Crippen LogP contribution in [0, 0.1) is 4.77 Å². The minimum Gasteiger partial charge on any atom is -0.463 e. The summed E-state index contributed by atoms with van der Waals surface area (Å²) in [6, 6.07) is 4.46. The zero-order valence-corrected chi connectivity index (χ0v) is 13.7. The van der Waals surface area contributed by atoms with Crippen LogP contribution in [-0.4, -0.2) is 14.5 Å². The number of H-pyrrole nitrogens is 1. The maximum absolute atomic E-state index is 13.5. The van der Waals surface area contributed by atoms with Crippen molar-refractivity contribution in [2.45, 2.75) is 32.7 Å². The SMILES string of the molecule is CCCCn1c(=S)[nH]c(=O)c2c(C(F)F)cc(-c3ccco3)nc21. The van der Waals surface area contributed by atoms with Gasteiger partial charge in [-0.15, -0.1) is 0 Å². The van der Waals surface area contributed by atoms with Gasteiger partial charge in [-0.25, -0.2) is 13.8 Å². The molecule has 126 valence electrons. The lowest BCUT2D eigenvalue weighted by atomic mass is 10.1. The summed E-state index contributed by atoms with van der Waals surface area (Å²) in [7, 11) is 0. The maximum Gasteiger partial charge on any atom is 0.264 e. The van der Waals surface area contributed by atoms with Gasteiger partial charge in [0.1, 0.15) is 11.3 Å². The maximum atomic E-state index is 13.5. The normalized spacial score (nSPS) is 11.5. The quantitative estimate of drug-likeness (QED) is 0.690. The summed E-state index contributed by atoms with van der Waals surface area (Å²) in [5.41, 5.74) is -0.640. The standard InChI is InChI=1S/C16H15F2N3O2S/c1-2-3-6-21-14-12(15(22)20-16(21)24)9(13(17)18)8-10(19-14)11-5-4-7-23-11/h4-5,7-8,13H,2-3,6H2,1H3,(H,20,22,24). The number of hydrogen-bond donors (Lipinski definition) is 1. The number of fused-ring (bicyclic) bond motifs is 1. The number of nitrogens with one attached hydrogen (secondary N) is 1. The third-order valence-corrected chi connectivity index (χ3v) is 4.05. The lowest BCUT2D eigenvalue weighted by Crippen LogP contribution is -2.18. The molecule has 0 saturated carbocycles. The number of halogens is 2. The van der Waals surface area contributed by atoms with Crippen LogP contribution >= 0.6 is 12.2 Å². The van der Waals surface area contributed by atoms with E-state index in [-0.39, 0.29) is 27.1 Å². The highest BCUT2D eigenvalue weighted by Gasteiger charge is 2.20. The summed E-state index contributed by atoms with van der Waals surface area (Å²) in [6.07, 6.45) is 0.291. The Labute approximate surface area is 141 Å². The van der Waals surface area contributed by atoms with Crippen LogP contribution in [0.15, 0.2) is 33.7 Å². The fourth-order valence-corrected chi connectivity index (χ4v) is 2.82. The molecule has 0 bridgehead atoms. The molecule has 0 unspecified atom stereocenters. The molecule has 0 radical (unpaired) electrons. The molecule has 5 nitrogen and oxygen atoms in total. The molecule has 0 fully saturated rings. The first-order chi connectivity index (χ1) is 11.5. The Morgan fingerprint density at radius 2 is 2.25 bits per heavy atom. The Bertz CT molecular complexity index is 977. The van der Waals surface area contributed by atoms with Crippen molar-refractivity contribution in [2.75, 3.05) is 0 Å². The molecule has 3 heterocycles. The molecule has 8 heteroatoms. The van der Waals surface area contributed by atoms with Gasteiger partial charge >= 0.3 is 0 Å². The van der Waals surface area contributed by atoms with Gasteiger partial charge in [-0.05, 0) is 36.8 Å². The van der Waals surface area contributed by atoms with Gasteiger partial charge in [-0.1, -0.05) is 13.3 Å². The summed E-state index contributed by atoms with van der Waals surface area (Å²) in [5, 5.41) is -0.134. The van der Waals surface area contributed by atoms with Crippen LogP contribution in [0.4, 0.5) is 8.78 Å². The van der Waals surface area contributed by atoms with Gasteiger partial charge in [0.25, 0.3) is 12.0 Å². The first kappa shape index (κ1) is 16.5. The Hall–Kier alpha value is -2.35. The van der Waals surface area contributed by atoms with E-state index in [1.807, 2.05) is 6.92 Å². The lowest BCUT2D eigenvalue weighted by molar-refractivity contribution is 0.153. The predicted molar refractivity (Wildman–Crippen MR) is 88.8 cm³/mol. The largest absolute Gasteiger partial charge is 0.463 e. The molecule has 0 atom stereocenters. The van der Waals surface area contributed by atoms with E-state index in [0.717, 1.165) is 12.8 Å². The summed E-state index contributed by atoms with van der Waals surface area (Å²) < 4.78 is 34.1. The Morgan fingerprint density at radius 1 is 1.46 bits per heavy atom. The van der Waals surface area contributed by atoms with Gasteiger partial charge in [0, 0.05) is 12.1 Å². The van der Waals surface area contributed by atoms with Crippen molar-refractivity contribution in [3.63, 3.8) is 0 Å². The van der Waals surface area contributed by atoms with E-state index in [1.54, 1.807) is 16.7 Å². The number of pyridine rings is 1. The number of nitrogens with zero attached hydrogens (tertiary/aromatic N) is 2. The average molecular weight is 351 g/mol. The van der Waals surface area contributed by atoms with Crippen molar-refractivity contribution in [1.29, 1.82) is 0 Å². The molecule has 0 amide bonds. The van der Waals surface area contributed by atoms with Crippen molar-refractivity contribution in [3.05, 3.63) is 45.2 Å². The minimum absolute atomic E-state index is 0.134. The highest BCUT2D eigenvalue weighted by atomic mass is 32.1. The van der Waals surface area contributed by atoms with Gasteiger partial charge in [0.15, 0.2) is 10.5 Å².